The van der Waals surface area contributed by atoms with Crippen molar-refractivity contribution in [1.29, 1.82) is 0 Å². The van der Waals surface area contributed by atoms with Crippen LogP contribution in [0.15, 0.2) is 45.5 Å². The molecule has 0 aliphatic carbocycles. The van der Waals surface area contributed by atoms with Crippen molar-refractivity contribution in [3.8, 4) is 22.9 Å². The first-order valence-electron chi connectivity index (χ1n) is 6.84. The van der Waals surface area contributed by atoms with Gasteiger partial charge in [-0.05, 0) is 31.5 Å². The number of nitrogens with zero attached hydrogens (tertiary/aromatic N) is 4. The molecule has 0 bridgehead atoms. The van der Waals surface area contributed by atoms with Gasteiger partial charge in [0.15, 0.2) is 0 Å². The molecule has 0 saturated heterocycles. The fourth-order valence-corrected chi connectivity index (χ4v) is 2.32. The summed E-state index contributed by atoms with van der Waals surface area (Å²) in [5.41, 5.74) is 4.03. The third kappa shape index (κ3) is 1.96. The first-order valence-corrected chi connectivity index (χ1v) is 6.84. The summed E-state index contributed by atoms with van der Waals surface area (Å²) >= 11 is 0. The number of benzene rings is 1. The molecule has 1 aromatic carbocycles. The maximum Gasteiger partial charge on any atom is 0.257 e. The standard InChI is InChI=1S/C16H12N4O2/c1-9-5-3-4-6-12(9)16-19-18-14(21-16)11-7-13-10(2)20-22-15(13)17-8-11/h3-8H,1-2H3. The Labute approximate surface area is 125 Å². The molecule has 4 rings (SSSR count). The van der Waals surface area contributed by atoms with Crippen LogP contribution in [-0.2, 0) is 0 Å². The molecule has 0 aliphatic rings. The maximum atomic E-state index is 5.79. The molecule has 0 amide bonds. The number of rotatable bonds is 2. The number of hydrogen-bond donors (Lipinski definition) is 0. The predicted molar refractivity (Wildman–Crippen MR) is 80.0 cm³/mol. The molecule has 0 fully saturated rings. The van der Waals surface area contributed by atoms with Gasteiger partial charge < -0.3 is 8.94 Å². The molecule has 0 radical (unpaired) electrons. The summed E-state index contributed by atoms with van der Waals surface area (Å²) in [7, 11) is 0. The summed E-state index contributed by atoms with van der Waals surface area (Å²) in [6.45, 7) is 3.87. The Balaban J connectivity index is 1.80. The van der Waals surface area contributed by atoms with E-state index in [0.29, 0.717) is 17.5 Å². The fourth-order valence-electron chi connectivity index (χ4n) is 2.32. The molecule has 0 aliphatic heterocycles. The second-order valence-corrected chi connectivity index (χ2v) is 5.07. The smallest absolute Gasteiger partial charge is 0.257 e. The van der Waals surface area contributed by atoms with Gasteiger partial charge in [-0.25, -0.2) is 4.98 Å². The minimum atomic E-state index is 0.424. The van der Waals surface area contributed by atoms with Crippen LogP contribution in [0.4, 0.5) is 0 Å². The quantitative estimate of drug-likeness (QED) is 0.562. The van der Waals surface area contributed by atoms with Gasteiger partial charge in [0.2, 0.25) is 11.8 Å². The molecule has 0 N–H and O–H groups in total. The van der Waals surface area contributed by atoms with Gasteiger partial charge in [0, 0.05) is 11.8 Å². The minimum absolute atomic E-state index is 0.424. The van der Waals surface area contributed by atoms with Crippen LogP contribution in [0.3, 0.4) is 0 Å². The molecule has 0 saturated carbocycles. The van der Waals surface area contributed by atoms with Gasteiger partial charge in [0.05, 0.1) is 16.6 Å². The Morgan fingerprint density at radius 1 is 1.00 bits per heavy atom. The lowest BCUT2D eigenvalue weighted by molar-refractivity contribution is 0.443. The third-order valence-corrected chi connectivity index (χ3v) is 3.56. The summed E-state index contributed by atoms with van der Waals surface area (Å²) in [6, 6.07) is 9.78. The molecule has 4 aromatic rings. The highest BCUT2D eigenvalue weighted by Gasteiger charge is 2.14. The van der Waals surface area contributed by atoms with Crippen LogP contribution in [0.1, 0.15) is 11.3 Å². The highest BCUT2D eigenvalue weighted by molar-refractivity contribution is 5.80. The van der Waals surface area contributed by atoms with Crippen LogP contribution in [0.25, 0.3) is 34.0 Å². The molecule has 22 heavy (non-hydrogen) atoms. The average Bonchev–Trinajstić information content (AvgIpc) is 3.15. The van der Waals surface area contributed by atoms with Crippen LogP contribution in [0.2, 0.25) is 0 Å². The summed E-state index contributed by atoms with van der Waals surface area (Å²) in [4.78, 5) is 4.22. The van der Waals surface area contributed by atoms with Crippen LogP contribution < -0.4 is 0 Å². The van der Waals surface area contributed by atoms with Crippen molar-refractivity contribution in [3.63, 3.8) is 0 Å². The molecule has 0 spiro atoms. The summed E-state index contributed by atoms with van der Waals surface area (Å²) in [5.74, 6) is 0.920. The lowest BCUT2D eigenvalue weighted by Crippen LogP contribution is -1.81. The molecule has 3 aromatic heterocycles. The highest BCUT2D eigenvalue weighted by Crippen LogP contribution is 2.27. The Morgan fingerprint density at radius 3 is 2.68 bits per heavy atom. The van der Waals surface area contributed by atoms with E-state index in [0.717, 1.165) is 27.8 Å². The molecule has 6 heteroatoms. The number of aryl methyl sites for hydroxylation is 2. The first kappa shape index (κ1) is 12.7. The van der Waals surface area contributed by atoms with Gasteiger partial charge in [-0.2, -0.15) is 0 Å². The third-order valence-electron chi connectivity index (χ3n) is 3.56. The van der Waals surface area contributed by atoms with Crippen LogP contribution in [0.5, 0.6) is 0 Å². The topological polar surface area (TPSA) is 77.8 Å². The maximum absolute atomic E-state index is 5.79. The van der Waals surface area contributed by atoms with E-state index in [1.165, 1.54) is 0 Å². The molecular weight excluding hydrogens is 280 g/mol. The van der Waals surface area contributed by atoms with Crippen molar-refractivity contribution >= 4 is 11.1 Å². The summed E-state index contributed by atoms with van der Waals surface area (Å²) in [6.07, 6.45) is 1.64. The Hall–Kier alpha value is -3.02. The van der Waals surface area contributed by atoms with E-state index in [4.69, 9.17) is 8.94 Å². The number of hydrogen-bond acceptors (Lipinski definition) is 6. The van der Waals surface area contributed by atoms with Gasteiger partial charge in [-0.1, -0.05) is 23.4 Å². The monoisotopic (exact) mass is 292 g/mol. The van der Waals surface area contributed by atoms with Crippen molar-refractivity contribution < 1.29 is 8.94 Å². The Kier molecular flexibility index (Phi) is 2.75. The van der Waals surface area contributed by atoms with Gasteiger partial charge in [0.25, 0.3) is 5.71 Å². The summed E-state index contributed by atoms with van der Waals surface area (Å²) < 4.78 is 10.9. The minimum Gasteiger partial charge on any atom is -0.416 e. The van der Waals surface area contributed by atoms with Crippen molar-refractivity contribution in [3.05, 3.63) is 47.8 Å². The van der Waals surface area contributed by atoms with Gasteiger partial charge in [-0.15, -0.1) is 10.2 Å². The summed E-state index contributed by atoms with van der Waals surface area (Å²) in [5, 5.41) is 13.0. The van der Waals surface area contributed by atoms with Crippen LogP contribution >= 0.6 is 0 Å². The van der Waals surface area contributed by atoms with E-state index in [1.54, 1.807) is 6.20 Å². The van der Waals surface area contributed by atoms with E-state index in [-0.39, 0.29) is 0 Å². The highest BCUT2D eigenvalue weighted by atomic mass is 16.5. The Bertz CT molecular complexity index is 971. The lowest BCUT2D eigenvalue weighted by Gasteiger charge is -1.98. The van der Waals surface area contributed by atoms with Gasteiger partial charge in [0.1, 0.15) is 0 Å². The number of fused-ring (bicyclic) bond motifs is 1. The largest absolute Gasteiger partial charge is 0.416 e. The second kappa shape index (κ2) is 4.77. The number of aromatic nitrogens is 4. The van der Waals surface area contributed by atoms with E-state index >= 15 is 0 Å². The molecule has 108 valence electrons. The Morgan fingerprint density at radius 2 is 1.82 bits per heavy atom. The average molecular weight is 292 g/mol. The fraction of sp³-hybridized carbons (Fsp3) is 0.125. The van der Waals surface area contributed by atoms with E-state index in [1.807, 2.05) is 44.2 Å². The number of pyridine rings is 1. The zero-order valence-electron chi connectivity index (χ0n) is 12.1. The van der Waals surface area contributed by atoms with Crippen molar-refractivity contribution in [2.45, 2.75) is 13.8 Å². The molecule has 3 heterocycles. The van der Waals surface area contributed by atoms with Crippen LogP contribution in [-0.4, -0.2) is 20.3 Å². The van der Waals surface area contributed by atoms with Crippen molar-refractivity contribution in [1.82, 2.24) is 20.3 Å². The zero-order chi connectivity index (χ0) is 15.1. The molecule has 0 unspecified atom stereocenters. The molecule has 0 atom stereocenters. The van der Waals surface area contributed by atoms with E-state index in [9.17, 15) is 0 Å². The van der Waals surface area contributed by atoms with Crippen molar-refractivity contribution in [2.75, 3.05) is 0 Å². The van der Waals surface area contributed by atoms with Crippen LogP contribution in [0, 0.1) is 13.8 Å². The predicted octanol–water partition coefficient (Wildman–Crippen LogP) is 3.56. The second-order valence-electron chi connectivity index (χ2n) is 5.07. The first-order chi connectivity index (χ1) is 10.7. The van der Waals surface area contributed by atoms with Crippen molar-refractivity contribution in [2.24, 2.45) is 0 Å². The van der Waals surface area contributed by atoms with E-state index in [2.05, 4.69) is 20.3 Å². The van der Waals surface area contributed by atoms with E-state index < -0.39 is 0 Å². The molecule has 6 nitrogen and oxygen atoms in total. The lowest BCUT2D eigenvalue weighted by atomic mass is 10.1. The van der Waals surface area contributed by atoms with Gasteiger partial charge in [-0.3, -0.25) is 0 Å². The molecular formula is C16H12N4O2. The normalized spacial score (nSPS) is 11.2. The zero-order valence-corrected chi connectivity index (χ0v) is 12.1. The van der Waals surface area contributed by atoms with Gasteiger partial charge >= 0.3 is 0 Å². The SMILES string of the molecule is Cc1ccccc1-c1nnc(-c2cnc3onc(C)c3c2)o1.